The van der Waals surface area contributed by atoms with Gasteiger partial charge in [0.15, 0.2) is 0 Å². The summed E-state index contributed by atoms with van der Waals surface area (Å²) in [6, 6.07) is 9.39. The van der Waals surface area contributed by atoms with E-state index in [0.29, 0.717) is 18.7 Å². The number of halogens is 2. The number of ether oxygens (including phenoxy) is 2. The molecule has 0 spiro atoms. The lowest BCUT2D eigenvalue weighted by atomic mass is 9.84. The molecule has 0 fully saturated rings. The fraction of sp³-hybridized carbons (Fsp3) is 0.455. The van der Waals surface area contributed by atoms with Gasteiger partial charge in [0.2, 0.25) is 0 Å². The fourth-order valence-corrected chi connectivity index (χ4v) is 4.10. The Morgan fingerprint density at radius 3 is 2.54 bits per heavy atom. The van der Waals surface area contributed by atoms with E-state index in [2.05, 4.69) is 0 Å². The summed E-state index contributed by atoms with van der Waals surface area (Å²) in [5, 5.41) is 0. The minimum Gasteiger partial charge on any atom is -0.496 e. The molecule has 0 saturated heterocycles. The van der Waals surface area contributed by atoms with Crippen LogP contribution in [0.25, 0.3) is 0 Å². The van der Waals surface area contributed by atoms with Crippen LogP contribution in [0, 0.1) is 13.8 Å². The molecule has 1 aliphatic rings. The summed E-state index contributed by atoms with van der Waals surface area (Å²) in [7, 11) is 2.91. The van der Waals surface area contributed by atoms with E-state index < -0.39 is 12.5 Å². The predicted molar refractivity (Wildman–Crippen MR) is 107 cm³/mol. The molecule has 2 N–H and O–H groups in total. The Hall–Kier alpha value is -2.18. The van der Waals surface area contributed by atoms with E-state index in [1.807, 2.05) is 49.1 Å². The van der Waals surface area contributed by atoms with Crippen molar-refractivity contribution in [2.75, 3.05) is 39.6 Å². The summed E-state index contributed by atoms with van der Waals surface area (Å²) in [5.41, 5.74) is 11.9. The molecular weight excluding hydrogens is 362 g/mol. The molecule has 1 atom stereocenters. The number of nitrogens with zero attached hydrogens (tertiary/aromatic N) is 1. The van der Waals surface area contributed by atoms with Gasteiger partial charge in [0, 0.05) is 24.9 Å². The highest BCUT2D eigenvalue weighted by molar-refractivity contribution is 5.57. The van der Waals surface area contributed by atoms with Gasteiger partial charge >= 0.3 is 0 Å². The highest BCUT2D eigenvalue weighted by Crippen LogP contribution is 2.42. The lowest BCUT2D eigenvalue weighted by Gasteiger charge is -2.40. The number of nitrogens with two attached hydrogens (primary N) is 1. The smallest absolute Gasteiger partial charge is 0.283 e. The number of alkyl halides is 2. The van der Waals surface area contributed by atoms with Gasteiger partial charge in [-0.15, -0.1) is 0 Å². The van der Waals surface area contributed by atoms with E-state index in [4.69, 9.17) is 15.2 Å². The highest BCUT2D eigenvalue weighted by atomic mass is 19.3. The molecule has 152 valence electrons. The molecule has 0 aliphatic carbocycles. The number of nitrogen functional groups attached to an aromatic ring is 1. The lowest BCUT2D eigenvalue weighted by Crippen LogP contribution is -2.45. The van der Waals surface area contributed by atoms with Crippen LogP contribution in [-0.4, -0.2) is 44.7 Å². The topological polar surface area (TPSA) is 47.7 Å². The molecule has 1 unspecified atom stereocenters. The Balaban J connectivity index is 2.13. The van der Waals surface area contributed by atoms with Crippen LogP contribution in [0.5, 0.6) is 5.75 Å². The van der Waals surface area contributed by atoms with Crippen molar-refractivity contribution in [3.63, 3.8) is 0 Å². The fourth-order valence-electron chi connectivity index (χ4n) is 4.10. The Morgan fingerprint density at radius 1 is 1.14 bits per heavy atom. The van der Waals surface area contributed by atoms with Crippen LogP contribution in [0.15, 0.2) is 30.3 Å². The van der Waals surface area contributed by atoms with Gasteiger partial charge in [0.25, 0.3) is 5.92 Å². The van der Waals surface area contributed by atoms with Gasteiger partial charge in [-0.1, -0.05) is 18.2 Å². The maximum atomic E-state index is 14.4. The van der Waals surface area contributed by atoms with Gasteiger partial charge in [-0.25, -0.2) is 8.78 Å². The third-order valence-corrected chi connectivity index (χ3v) is 5.46. The van der Waals surface area contributed by atoms with Crippen molar-refractivity contribution in [3.05, 3.63) is 58.1 Å². The summed E-state index contributed by atoms with van der Waals surface area (Å²) < 4.78 is 39.2. The lowest BCUT2D eigenvalue weighted by molar-refractivity contribution is -0.0894. The maximum Gasteiger partial charge on any atom is 0.283 e. The standard InChI is InChI=1S/C22H28F2N2O2/c1-14-5-6-18(20(11-14)28-4)21-17-7-8-19(25)15(2)16(17)9-10-26(21)12-22(23,24)13-27-3/h5-8,11,21H,9-10,12-13,25H2,1-4H3. The first-order chi connectivity index (χ1) is 13.3. The molecule has 6 heteroatoms. The first-order valence-electron chi connectivity index (χ1n) is 9.40. The van der Waals surface area contributed by atoms with E-state index >= 15 is 0 Å². The Morgan fingerprint density at radius 2 is 1.86 bits per heavy atom. The molecule has 28 heavy (non-hydrogen) atoms. The first kappa shape index (κ1) is 20.6. The maximum absolute atomic E-state index is 14.4. The van der Waals surface area contributed by atoms with E-state index in [0.717, 1.165) is 33.5 Å². The van der Waals surface area contributed by atoms with Gasteiger partial charge in [-0.2, -0.15) is 0 Å². The van der Waals surface area contributed by atoms with Crippen LogP contribution in [0.1, 0.15) is 33.9 Å². The number of rotatable bonds is 6. The van der Waals surface area contributed by atoms with Gasteiger partial charge in [-0.3, -0.25) is 4.90 Å². The number of aryl methyl sites for hydroxylation is 1. The summed E-state index contributed by atoms with van der Waals surface area (Å²) >= 11 is 0. The Bertz CT molecular complexity index is 855. The summed E-state index contributed by atoms with van der Waals surface area (Å²) in [5.74, 6) is -2.24. The van der Waals surface area contributed by atoms with Crippen LogP contribution in [0.4, 0.5) is 14.5 Å². The van der Waals surface area contributed by atoms with E-state index in [1.54, 1.807) is 7.11 Å². The number of benzene rings is 2. The molecule has 0 bridgehead atoms. The summed E-state index contributed by atoms with van der Waals surface area (Å²) in [4.78, 5) is 1.82. The van der Waals surface area contributed by atoms with Crippen molar-refractivity contribution in [3.8, 4) is 5.75 Å². The normalized spacial score (nSPS) is 17.4. The van der Waals surface area contributed by atoms with Crippen molar-refractivity contribution < 1.29 is 18.3 Å². The number of hydrogen-bond acceptors (Lipinski definition) is 4. The minimum absolute atomic E-state index is 0.332. The molecule has 3 rings (SSSR count). The van der Waals surface area contributed by atoms with Crippen molar-refractivity contribution in [2.24, 2.45) is 0 Å². The first-order valence-corrected chi connectivity index (χ1v) is 9.40. The average molecular weight is 390 g/mol. The van der Waals surface area contributed by atoms with Crippen molar-refractivity contribution in [1.82, 2.24) is 4.90 Å². The molecule has 4 nitrogen and oxygen atoms in total. The second-order valence-corrected chi connectivity index (χ2v) is 7.50. The molecule has 0 radical (unpaired) electrons. The second kappa shape index (κ2) is 8.05. The van der Waals surface area contributed by atoms with Crippen LogP contribution in [-0.2, 0) is 11.2 Å². The third kappa shape index (κ3) is 3.98. The molecule has 1 heterocycles. The van der Waals surface area contributed by atoms with E-state index in [-0.39, 0.29) is 12.6 Å². The molecule has 0 saturated carbocycles. The zero-order valence-electron chi connectivity index (χ0n) is 16.9. The van der Waals surface area contributed by atoms with E-state index in [9.17, 15) is 8.78 Å². The quantitative estimate of drug-likeness (QED) is 0.754. The Kier molecular flexibility index (Phi) is 5.91. The van der Waals surface area contributed by atoms with Crippen LogP contribution >= 0.6 is 0 Å². The third-order valence-electron chi connectivity index (χ3n) is 5.46. The molecule has 0 amide bonds. The molecule has 2 aromatic carbocycles. The SMILES string of the molecule is COCC(F)(F)CN1CCc2c(ccc(N)c2C)C1c1ccc(C)cc1OC. The number of methoxy groups -OCH3 is 2. The highest BCUT2D eigenvalue weighted by Gasteiger charge is 2.39. The van der Waals surface area contributed by atoms with Gasteiger partial charge in [0.05, 0.1) is 19.7 Å². The Labute approximate surface area is 165 Å². The zero-order chi connectivity index (χ0) is 20.5. The van der Waals surface area contributed by atoms with Crippen LogP contribution in [0.2, 0.25) is 0 Å². The summed E-state index contributed by atoms with van der Waals surface area (Å²) in [6.45, 7) is 3.50. The minimum atomic E-state index is -2.94. The van der Waals surface area contributed by atoms with Gasteiger partial charge in [0.1, 0.15) is 12.4 Å². The monoisotopic (exact) mass is 390 g/mol. The average Bonchev–Trinajstić information content (AvgIpc) is 2.64. The molecule has 1 aliphatic heterocycles. The van der Waals surface area contributed by atoms with Gasteiger partial charge < -0.3 is 15.2 Å². The number of anilines is 1. The second-order valence-electron chi connectivity index (χ2n) is 7.50. The summed E-state index contributed by atoms with van der Waals surface area (Å²) in [6.07, 6.45) is 0.681. The number of hydrogen-bond donors (Lipinski definition) is 1. The molecular formula is C22H28F2N2O2. The van der Waals surface area contributed by atoms with E-state index in [1.165, 1.54) is 7.11 Å². The molecule has 2 aromatic rings. The van der Waals surface area contributed by atoms with Gasteiger partial charge in [-0.05, 0) is 54.7 Å². The predicted octanol–water partition coefficient (Wildman–Crippen LogP) is 4.12. The largest absolute Gasteiger partial charge is 0.496 e. The van der Waals surface area contributed by atoms with Crippen molar-refractivity contribution >= 4 is 5.69 Å². The zero-order valence-corrected chi connectivity index (χ0v) is 16.9. The van der Waals surface area contributed by atoms with Crippen molar-refractivity contribution in [1.29, 1.82) is 0 Å². The van der Waals surface area contributed by atoms with Crippen LogP contribution < -0.4 is 10.5 Å². The molecule has 0 aromatic heterocycles. The van der Waals surface area contributed by atoms with Crippen LogP contribution in [0.3, 0.4) is 0 Å². The number of fused-ring (bicyclic) bond motifs is 1. The van der Waals surface area contributed by atoms with Crippen molar-refractivity contribution in [2.45, 2.75) is 32.2 Å².